The fourth-order valence-corrected chi connectivity index (χ4v) is 13.7. The summed E-state index contributed by atoms with van der Waals surface area (Å²) in [7, 11) is 0. The lowest BCUT2D eigenvalue weighted by molar-refractivity contribution is 0.829. The van der Waals surface area contributed by atoms with Gasteiger partial charge < -0.3 is 0 Å². The van der Waals surface area contributed by atoms with Crippen LogP contribution in [-0.2, 0) is 0 Å². The zero-order valence-electron chi connectivity index (χ0n) is 45.6. The number of fused-ring (bicyclic) bond motifs is 9. The molecule has 0 radical (unpaired) electrons. The average molecular weight is 1080 g/mol. The van der Waals surface area contributed by atoms with E-state index in [9.17, 15) is 0 Å². The monoisotopic (exact) mass is 1080 g/mol. The number of benzene rings is 15. The van der Waals surface area contributed by atoms with Crippen LogP contribution in [0.15, 0.2) is 303 Å². The lowest BCUT2D eigenvalue weighted by Gasteiger charge is -2.31. The van der Waals surface area contributed by atoms with Gasteiger partial charge in [0.15, 0.2) is 17.5 Å². The van der Waals surface area contributed by atoms with E-state index in [0.717, 1.165) is 115 Å². The minimum absolute atomic E-state index is 0.381. The average Bonchev–Trinajstić information content (AvgIpc) is 1.40. The molecule has 0 atom stereocenters. The van der Waals surface area contributed by atoms with Crippen LogP contribution in [0.2, 0.25) is 0 Å². The number of nitrogens with zero attached hydrogens (tertiary/aromatic N) is 7. The molecule has 0 fully saturated rings. The van der Waals surface area contributed by atoms with Crippen LogP contribution in [0.3, 0.4) is 0 Å². The van der Waals surface area contributed by atoms with Crippen molar-refractivity contribution in [1.29, 1.82) is 0 Å². The molecule has 0 spiro atoms. The standard InChI is InChI=1S/C78H45N7/c1-4-22-49-43-52(40-37-46(49)19-1)67-55-25-7-13-31-61(55)70(62-32-14-8-26-56(62)67)73-79-76-81-74(71-63-33-15-9-27-57(63)68(58-28-10-16-34-64(58)71)53-41-38-47-20-2-5-23-50(47)44-53)83-78-84-75(82-77(80-73)85(76)78)72-65-35-17-11-29-59(65)69(60-30-12-18-36-66(60)72)54-42-39-48-21-3-6-24-51(48)45-54/h1-45H. The SMILES string of the molecule is c1ccc2cc(-c3c4ccccc4c(C4=NC5=NC(c6c7ccccc7c(-c7ccc8ccccc8c7)c7ccccc67)=NC6=NC(c7c8ccccc8c(-c8ccc9ccccc9c8)c8ccccc78)=NC(=N4)N56)c4ccccc34)ccc2c1. The molecule has 0 bridgehead atoms. The third-order valence-corrected chi connectivity index (χ3v) is 17.4. The Balaban J connectivity index is 0.913. The third-order valence-electron chi connectivity index (χ3n) is 17.4. The van der Waals surface area contributed by atoms with E-state index in [1.54, 1.807) is 0 Å². The summed E-state index contributed by atoms with van der Waals surface area (Å²) in [5.74, 6) is 2.63. The molecule has 0 aromatic heterocycles. The summed E-state index contributed by atoms with van der Waals surface area (Å²) in [6.45, 7) is 0. The summed E-state index contributed by atoms with van der Waals surface area (Å²) in [4.78, 5) is 35.2. The molecule has 3 aliphatic heterocycles. The van der Waals surface area contributed by atoms with Crippen LogP contribution in [0.5, 0.6) is 0 Å². The largest absolute Gasteiger partial charge is 0.243 e. The zero-order valence-corrected chi connectivity index (χ0v) is 45.6. The van der Waals surface area contributed by atoms with Crippen molar-refractivity contribution in [3.63, 3.8) is 0 Å². The number of hydrogen-bond donors (Lipinski definition) is 0. The maximum absolute atomic E-state index is 5.57. The number of rotatable bonds is 6. The Morgan fingerprint density at radius 2 is 0.376 bits per heavy atom. The van der Waals surface area contributed by atoms with Gasteiger partial charge in [-0.25, -0.2) is 4.90 Å². The van der Waals surface area contributed by atoms with Crippen LogP contribution in [-0.4, -0.2) is 40.3 Å². The number of hydrogen-bond acceptors (Lipinski definition) is 7. The lowest BCUT2D eigenvalue weighted by Crippen LogP contribution is -2.48. The summed E-state index contributed by atoms with van der Waals surface area (Å²) in [5.41, 5.74) is 9.54. The first-order valence-electron chi connectivity index (χ1n) is 28.8. The van der Waals surface area contributed by atoms with Gasteiger partial charge in [-0.1, -0.05) is 255 Å². The molecule has 0 N–H and O–H groups in total. The minimum Gasteiger partial charge on any atom is -0.213 e. The smallest absolute Gasteiger partial charge is 0.213 e. The van der Waals surface area contributed by atoms with Gasteiger partial charge in [0.2, 0.25) is 17.9 Å². The van der Waals surface area contributed by atoms with Crippen LogP contribution >= 0.6 is 0 Å². The van der Waals surface area contributed by atoms with Gasteiger partial charge in [0, 0.05) is 16.7 Å². The lowest BCUT2D eigenvalue weighted by atomic mass is 9.87. The quantitative estimate of drug-likeness (QED) is 0.153. The van der Waals surface area contributed by atoms with Crippen molar-refractivity contribution in [3.8, 4) is 33.4 Å². The number of guanidine groups is 3. The highest BCUT2D eigenvalue weighted by Crippen LogP contribution is 2.45. The number of amidine groups is 3. The summed E-state index contributed by atoms with van der Waals surface area (Å²) >= 11 is 0. The molecular weight excluding hydrogens is 1030 g/mol. The highest BCUT2D eigenvalue weighted by Gasteiger charge is 2.38. The topological polar surface area (TPSA) is 77.4 Å². The molecule has 0 amide bonds. The summed E-state index contributed by atoms with van der Waals surface area (Å²) in [6, 6.07) is 97.8. The van der Waals surface area contributed by atoms with Crippen molar-refractivity contribution in [2.75, 3.05) is 0 Å². The normalized spacial score (nSPS) is 14.0. The molecule has 15 aromatic carbocycles. The number of aliphatic imine (C=N–C) groups is 6. The van der Waals surface area contributed by atoms with Crippen LogP contribution in [0, 0.1) is 0 Å². The van der Waals surface area contributed by atoms with Crippen molar-refractivity contribution >= 4 is 132 Å². The van der Waals surface area contributed by atoms with Crippen molar-refractivity contribution in [2.45, 2.75) is 0 Å². The van der Waals surface area contributed by atoms with Crippen molar-refractivity contribution < 1.29 is 0 Å². The molecule has 0 unspecified atom stereocenters. The predicted molar refractivity (Wildman–Crippen MR) is 357 cm³/mol. The molecule has 85 heavy (non-hydrogen) atoms. The predicted octanol–water partition coefficient (Wildman–Crippen LogP) is 19.1. The van der Waals surface area contributed by atoms with Gasteiger partial charge in [0.1, 0.15) is 0 Å². The van der Waals surface area contributed by atoms with Crippen molar-refractivity contribution in [3.05, 3.63) is 290 Å². The minimum atomic E-state index is 0.381. The Morgan fingerprint density at radius 3 is 0.612 bits per heavy atom. The molecule has 0 saturated carbocycles. The molecule has 3 heterocycles. The van der Waals surface area contributed by atoms with E-state index in [1.807, 2.05) is 4.90 Å². The second-order valence-corrected chi connectivity index (χ2v) is 22.1. The molecule has 0 aliphatic carbocycles. The van der Waals surface area contributed by atoms with Crippen molar-refractivity contribution in [1.82, 2.24) is 4.90 Å². The molecular formula is C78H45N7. The molecule has 3 aliphatic rings. The van der Waals surface area contributed by atoms with Gasteiger partial charge in [-0.05, 0) is 149 Å². The Kier molecular flexibility index (Phi) is 10.3. The molecule has 15 aromatic rings. The summed E-state index contributed by atoms with van der Waals surface area (Å²) in [5, 5.41) is 19.8. The highest BCUT2D eigenvalue weighted by molar-refractivity contribution is 6.40. The molecule has 7 nitrogen and oxygen atoms in total. The van der Waals surface area contributed by atoms with Crippen LogP contribution in [0.1, 0.15) is 16.7 Å². The van der Waals surface area contributed by atoms with Crippen LogP contribution < -0.4 is 0 Å². The van der Waals surface area contributed by atoms with Gasteiger partial charge >= 0.3 is 0 Å². The Labute approximate surface area is 487 Å². The zero-order chi connectivity index (χ0) is 55.7. The summed E-state index contributed by atoms with van der Waals surface area (Å²) in [6.07, 6.45) is 0. The van der Waals surface area contributed by atoms with E-state index >= 15 is 0 Å². The van der Waals surface area contributed by atoms with Gasteiger partial charge in [0.05, 0.1) is 0 Å². The Bertz CT molecular complexity index is 4960. The second kappa shape index (κ2) is 18.5. The first-order valence-corrected chi connectivity index (χ1v) is 28.8. The fraction of sp³-hybridized carbons (Fsp3) is 0. The van der Waals surface area contributed by atoms with E-state index in [1.165, 1.54) is 32.3 Å². The first-order chi connectivity index (χ1) is 42.1. The molecule has 0 saturated heterocycles. The molecule has 18 rings (SSSR count). The highest BCUT2D eigenvalue weighted by atomic mass is 15.5. The van der Waals surface area contributed by atoms with Gasteiger partial charge in [-0.3, -0.25) is 0 Å². The van der Waals surface area contributed by atoms with E-state index < -0.39 is 0 Å². The van der Waals surface area contributed by atoms with E-state index in [-0.39, 0.29) is 0 Å². The van der Waals surface area contributed by atoms with Gasteiger partial charge in [-0.2, -0.15) is 30.0 Å². The van der Waals surface area contributed by atoms with Crippen molar-refractivity contribution in [2.24, 2.45) is 30.0 Å². The van der Waals surface area contributed by atoms with Crippen LogP contribution in [0.25, 0.3) is 130 Å². The molecule has 7 heteroatoms. The third kappa shape index (κ3) is 7.27. The van der Waals surface area contributed by atoms with Gasteiger partial charge in [0.25, 0.3) is 0 Å². The first kappa shape index (κ1) is 47.1. The second-order valence-electron chi connectivity index (χ2n) is 22.1. The van der Waals surface area contributed by atoms with E-state index in [2.05, 4.69) is 273 Å². The fourth-order valence-electron chi connectivity index (χ4n) is 13.7. The Morgan fingerprint density at radius 1 is 0.176 bits per heavy atom. The van der Waals surface area contributed by atoms with Gasteiger partial charge in [-0.15, -0.1) is 0 Å². The van der Waals surface area contributed by atoms with Crippen LogP contribution in [0.4, 0.5) is 0 Å². The maximum atomic E-state index is 5.57. The summed E-state index contributed by atoms with van der Waals surface area (Å²) < 4.78 is 0. The molecule has 392 valence electrons. The van der Waals surface area contributed by atoms with E-state index in [0.29, 0.717) is 35.4 Å². The maximum Gasteiger partial charge on any atom is 0.243 e. The van der Waals surface area contributed by atoms with E-state index in [4.69, 9.17) is 30.0 Å². The Hall–Kier alpha value is -11.5.